The molecule has 0 fully saturated rings. The van der Waals surface area contributed by atoms with Gasteiger partial charge in [-0.3, -0.25) is 0 Å². The third-order valence-corrected chi connectivity index (χ3v) is 2.50. The molecule has 0 unspecified atom stereocenters. The lowest BCUT2D eigenvalue weighted by Crippen LogP contribution is -2.37. The van der Waals surface area contributed by atoms with Crippen LogP contribution in [0.5, 0.6) is 0 Å². The normalized spacial score (nSPS) is 13.8. The fourth-order valence-electron chi connectivity index (χ4n) is 0.664. The number of hydrogen-bond acceptors (Lipinski definition) is 2. The molecule has 0 heterocycles. The minimum absolute atomic E-state index is 0.168. The summed E-state index contributed by atoms with van der Waals surface area (Å²) < 4.78 is 56.9. The van der Waals surface area contributed by atoms with Gasteiger partial charge in [0.2, 0.25) is 10.0 Å². The summed E-state index contributed by atoms with van der Waals surface area (Å²) in [6.07, 6.45) is -3.72. The highest BCUT2D eigenvalue weighted by atomic mass is 32.2. The highest BCUT2D eigenvalue weighted by Crippen LogP contribution is 2.17. The predicted molar refractivity (Wildman–Crippen MR) is 38.1 cm³/mol. The van der Waals surface area contributed by atoms with Crippen molar-refractivity contribution >= 4 is 10.0 Å². The van der Waals surface area contributed by atoms with E-state index in [2.05, 4.69) is 0 Å². The van der Waals surface area contributed by atoms with E-state index >= 15 is 0 Å². The lowest BCUT2D eigenvalue weighted by atomic mass is 10.6. The van der Waals surface area contributed by atoms with Crippen LogP contribution in [0.2, 0.25) is 0 Å². The van der Waals surface area contributed by atoms with E-state index in [0.717, 1.165) is 6.26 Å². The largest absolute Gasteiger partial charge is 0.402 e. The van der Waals surface area contributed by atoms with Crippen LogP contribution in [0.1, 0.15) is 6.92 Å². The molecule has 0 saturated carbocycles. The molecule has 0 saturated heterocycles. The van der Waals surface area contributed by atoms with Gasteiger partial charge in [0.1, 0.15) is 6.54 Å². The maximum atomic E-state index is 11.7. The average Bonchev–Trinajstić information content (AvgIpc) is 1.78. The van der Waals surface area contributed by atoms with Crippen LogP contribution in [0.3, 0.4) is 0 Å². The topological polar surface area (TPSA) is 37.4 Å². The Morgan fingerprint density at radius 2 is 1.75 bits per heavy atom. The van der Waals surface area contributed by atoms with Crippen molar-refractivity contribution in [3.05, 3.63) is 0 Å². The Morgan fingerprint density at radius 1 is 1.33 bits per heavy atom. The molecule has 0 radical (unpaired) electrons. The van der Waals surface area contributed by atoms with Gasteiger partial charge in [-0.25, -0.2) is 8.42 Å². The third-order valence-electron chi connectivity index (χ3n) is 1.18. The summed E-state index contributed by atoms with van der Waals surface area (Å²) in [4.78, 5) is 0. The summed E-state index contributed by atoms with van der Waals surface area (Å²) in [5.41, 5.74) is 0. The molecule has 0 aliphatic heterocycles. The molecule has 0 aromatic rings. The minimum Gasteiger partial charge on any atom is -0.213 e. The van der Waals surface area contributed by atoms with Gasteiger partial charge in [-0.2, -0.15) is 17.5 Å². The summed E-state index contributed by atoms with van der Waals surface area (Å²) in [6.45, 7) is -0.229. The Morgan fingerprint density at radius 3 is 1.83 bits per heavy atom. The van der Waals surface area contributed by atoms with E-state index in [4.69, 9.17) is 0 Å². The number of alkyl halides is 3. The second-order valence-corrected chi connectivity index (χ2v) is 4.29. The lowest BCUT2D eigenvalue weighted by Gasteiger charge is -2.18. The van der Waals surface area contributed by atoms with Crippen molar-refractivity contribution in [1.82, 2.24) is 4.31 Å². The van der Waals surface area contributed by atoms with Crippen LogP contribution >= 0.6 is 0 Å². The second-order valence-electron chi connectivity index (χ2n) is 2.30. The Labute approximate surface area is 69.2 Å². The standard InChI is InChI=1S/C5H10F3NO2S/c1-3-9(12(2,10)11)4-5(6,7)8/h3-4H2,1-2H3. The van der Waals surface area contributed by atoms with E-state index in [9.17, 15) is 21.6 Å². The number of hydrogen-bond donors (Lipinski definition) is 0. The second kappa shape index (κ2) is 3.61. The fraction of sp³-hybridized carbons (Fsp3) is 1.00. The van der Waals surface area contributed by atoms with Crippen molar-refractivity contribution in [3.8, 4) is 0 Å². The quantitative estimate of drug-likeness (QED) is 0.684. The van der Waals surface area contributed by atoms with Crippen LogP contribution in [-0.4, -0.2) is 38.2 Å². The Kier molecular flexibility index (Phi) is 3.52. The fourth-order valence-corrected chi connectivity index (χ4v) is 1.51. The van der Waals surface area contributed by atoms with Gasteiger partial charge in [-0.1, -0.05) is 6.92 Å². The molecule has 0 aromatic heterocycles. The molecule has 3 nitrogen and oxygen atoms in total. The molecule has 12 heavy (non-hydrogen) atoms. The predicted octanol–water partition coefficient (Wildman–Crippen LogP) is 0.830. The van der Waals surface area contributed by atoms with Gasteiger partial charge in [-0.05, 0) is 0 Å². The van der Waals surface area contributed by atoms with Gasteiger partial charge >= 0.3 is 6.18 Å². The maximum Gasteiger partial charge on any atom is 0.402 e. The first kappa shape index (κ1) is 11.7. The van der Waals surface area contributed by atoms with Crippen LogP contribution in [0.4, 0.5) is 13.2 Å². The zero-order chi connectivity index (χ0) is 9.99. The lowest BCUT2D eigenvalue weighted by molar-refractivity contribution is -0.135. The van der Waals surface area contributed by atoms with E-state index < -0.39 is 22.7 Å². The van der Waals surface area contributed by atoms with Gasteiger partial charge < -0.3 is 0 Å². The summed E-state index contributed by atoms with van der Waals surface area (Å²) in [7, 11) is -3.73. The highest BCUT2D eigenvalue weighted by molar-refractivity contribution is 7.88. The minimum atomic E-state index is -4.47. The van der Waals surface area contributed by atoms with Crippen molar-refractivity contribution in [2.75, 3.05) is 19.3 Å². The van der Waals surface area contributed by atoms with Gasteiger partial charge in [0, 0.05) is 6.54 Å². The van der Waals surface area contributed by atoms with Crippen LogP contribution < -0.4 is 0 Å². The number of nitrogens with zero attached hydrogens (tertiary/aromatic N) is 1. The van der Waals surface area contributed by atoms with Crippen molar-refractivity contribution in [2.24, 2.45) is 0 Å². The smallest absolute Gasteiger partial charge is 0.213 e. The van der Waals surface area contributed by atoms with Gasteiger partial charge in [0.05, 0.1) is 6.26 Å². The van der Waals surface area contributed by atoms with Crippen molar-refractivity contribution in [2.45, 2.75) is 13.1 Å². The first-order chi connectivity index (χ1) is 5.17. The molecule has 0 N–H and O–H groups in total. The van der Waals surface area contributed by atoms with Crippen LogP contribution in [0.15, 0.2) is 0 Å². The Bertz CT molecular complexity index is 234. The first-order valence-electron chi connectivity index (χ1n) is 3.18. The van der Waals surface area contributed by atoms with E-state index in [1.54, 1.807) is 0 Å². The molecular formula is C5H10F3NO2S. The molecule has 0 spiro atoms. The molecule has 0 aliphatic rings. The Balaban J connectivity index is 4.41. The monoisotopic (exact) mass is 205 g/mol. The van der Waals surface area contributed by atoms with Gasteiger partial charge in [-0.15, -0.1) is 0 Å². The van der Waals surface area contributed by atoms with E-state index in [1.165, 1.54) is 6.92 Å². The maximum absolute atomic E-state index is 11.7. The number of sulfonamides is 1. The molecular weight excluding hydrogens is 195 g/mol. The molecule has 0 rings (SSSR count). The zero-order valence-corrected chi connectivity index (χ0v) is 7.54. The van der Waals surface area contributed by atoms with Crippen molar-refractivity contribution in [1.29, 1.82) is 0 Å². The molecule has 0 atom stereocenters. The molecule has 0 amide bonds. The number of halogens is 3. The van der Waals surface area contributed by atoms with Crippen molar-refractivity contribution < 1.29 is 21.6 Å². The van der Waals surface area contributed by atoms with Crippen LogP contribution in [0.25, 0.3) is 0 Å². The molecule has 74 valence electrons. The van der Waals surface area contributed by atoms with Crippen LogP contribution in [-0.2, 0) is 10.0 Å². The molecule has 0 aromatic carbocycles. The SMILES string of the molecule is CCN(CC(F)(F)F)S(C)(=O)=O. The summed E-state index contributed by atoms with van der Waals surface area (Å²) in [5.74, 6) is 0. The molecule has 0 aliphatic carbocycles. The third kappa shape index (κ3) is 4.55. The molecule has 0 bridgehead atoms. The van der Waals surface area contributed by atoms with Gasteiger partial charge in [0.25, 0.3) is 0 Å². The summed E-state index contributed by atoms with van der Waals surface area (Å²) in [5, 5.41) is 0. The van der Waals surface area contributed by atoms with Gasteiger partial charge in [0.15, 0.2) is 0 Å². The van der Waals surface area contributed by atoms with E-state index in [-0.39, 0.29) is 6.54 Å². The zero-order valence-electron chi connectivity index (χ0n) is 6.72. The van der Waals surface area contributed by atoms with Crippen LogP contribution in [0, 0.1) is 0 Å². The average molecular weight is 205 g/mol. The number of rotatable bonds is 3. The van der Waals surface area contributed by atoms with Crippen molar-refractivity contribution in [3.63, 3.8) is 0 Å². The van der Waals surface area contributed by atoms with E-state index in [0.29, 0.717) is 4.31 Å². The molecule has 7 heteroatoms. The highest BCUT2D eigenvalue weighted by Gasteiger charge is 2.33. The summed E-state index contributed by atoms with van der Waals surface area (Å²) >= 11 is 0. The first-order valence-corrected chi connectivity index (χ1v) is 5.03. The summed E-state index contributed by atoms with van der Waals surface area (Å²) in [6, 6.07) is 0. The van der Waals surface area contributed by atoms with E-state index in [1.807, 2.05) is 0 Å². The Hall–Kier alpha value is -0.300.